The normalized spacial score (nSPS) is 10.9. The predicted octanol–water partition coefficient (Wildman–Crippen LogP) is 5.00. The summed E-state index contributed by atoms with van der Waals surface area (Å²) in [5.74, 6) is -0.748. The highest BCUT2D eigenvalue weighted by Crippen LogP contribution is 2.20. The molecule has 4 aromatic rings. The number of rotatable bonds is 3. The summed E-state index contributed by atoms with van der Waals surface area (Å²) in [6.07, 6.45) is 1.56. The van der Waals surface area contributed by atoms with Gasteiger partial charge in [-0.2, -0.15) is 0 Å². The highest BCUT2D eigenvalue weighted by molar-refractivity contribution is 6.12. The predicted molar refractivity (Wildman–Crippen MR) is 113 cm³/mol. The molecule has 1 N–H and O–H groups in total. The van der Waals surface area contributed by atoms with Gasteiger partial charge >= 0.3 is 0 Å². The molecule has 0 unspecified atom stereocenters. The SMILES string of the molecule is Cc1ccc(-n2cc(C(=O)Nc3ccc(F)cc3)c3ccccc3c2=O)cc1C. The van der Waals surface area contributed by atoms with E-state index in [1.54, 1.807) is 30.5 Å². The van der Waals surface area contributed by atoms with E-state index in [0.717, 1.165) is 11.1 Å². The first-order valence-electron chi connectivity index (χ1n) is 9.23. The van der Waals surface area contributed by atoms with Crippen molar-refractivity contribution in [2.75, 3.05) is 5.32 Å². The second-order valence-corrected chi connectivity index (χ2v) is 6.99. The standard InChI is InChI=1S/C24H19FN2O2/c1-15-7-12-19(13-16(15)2)27-14-22(20-5-3-4-6-21(20)24(27)29)23(28)26-18-10-8-17(25)9-11-18/h3-14H,1-2H3,(H,26,28). The average Bonchev–Trinajstić information content (AvgIpc) is 2.72. The van der Waals surface area contributed by atoms with Crippen LogP contribution in [0.2, 0.25) is 0 Å². The molecule has 0 atom stereocenters. The van der Waals surface area contributed by atoms with Gasteiger partial charge in [0.2, 0.25) is 0 Å². The van der Waals surface area contributed by atoms with Crippen LogP contribution in [0.25, 0.3) is 16.5 Å². The topological polar surface area (TPSA) is 51.1 Å². The fraction of sp³-hybridized carbons (Fsp3) is 0.0833. The summed E-state index contributed by atoms with van der Waals surface area (Å²) >= 11 is 0. The lowest BCUT2D eigenvalue weighted by atomic mass is 10.1. The zero-order chi connectivity index (χ0) is 20.5. The molecule has 0 aliphatic carbocycles. The third-order valence-corrected chi connectivity index (χ3v) is 5.04. The van der Waals surface area contributed by atoms with Gasteiger partial charge in [0.1, 0.15) is 5.82 Å². The lowest BCUT2D eigenvalue weighted by Gasteiger charge is -2.14. The van der Waals surface area contributed by atoms with Crippen molar-refractivity contribution in [1.29, 1.82) is 0 Å². The van der Waals surface area contributed by atoms with Gasteiger partial charge in [0, 0.05) is 28.3 Å². The molecule has 1 aromatic heterocycles. The molecule has 4 rings (SSSR count). The number of nitrogens with zero attached hydrogens (tertiary/aromatic N) is 1. The van der Waals surface area contributed by atoms with Crippen LogP contribution in [0.15, 0.2) is 77.7 Å². The van der Waals surface area contributed by atoms with E-state index in [2.05, 4.69) is 5.32 Å². The van der Waals surface area contributed by atoms with E-state index >= 15 is 0 Å². The van der Waals surface area contributed by atoms with Gasteiger partial charge in [-0.1, -0.05) is 24.3 Å². The molecule has 0 spiro atoms. The van der Waals surface area contributed by atoms with Gasteiger partial charge in [-0.15, -0.1) is 0 Å². The fourth-order valence-electron chi connectivity index (χ4n) is 3.27. The van der Waals surface area contributed by atoms with Crippen molar-refractivity contribution in [1.82, 2.24) is 4.57 Å². The van der Waals surface area contributed by atoms with Crippen molar-refractivity contribution in [2.24, 2.45) is 0 Å². The van der Waals surface area contributed by atoms with Gasteiger partial charge in [-0.3, -0.25) is 14.2 Å². The lowest BCUT2D eigenvalue weighted by Crippen LogP contribution is -2.22. The minimum Gasteiger partial charge on any atom is -0.322 e. The van der Waals surface area contributed by atoms with E-state index in [-0.39, 0.29) is 17.3 Å². The van der Waals surface area contributed by atoms with Crippen molar-refractivity contribution in [3.8, 4) is 5.69 Å². The highest BCUT2D eigenvalue weighted by atomic mass is 19.1. The number of aryl methyl sites for hydroxylation is 2. The first-order chi connectivity index (χ1) is 13.9. The molecule has 1 heterocycles. The molecule has 4 nitrogen and oxygen atoms in total. The fourth-order valence-corrected chi connectivity index (χ4v) is 3.27. The Bertz CT molecular complexity index is 1290. The van der Waals surface area contributed by atoms with E-state index in [1.807, 2.05) is 32.0 Å². The summed E-state index contributed by atoms with van der Waals surface area (Å²) < 4.78 is 14.6. The molecular formula is C24H19FN2O2. The molecule has 3 aromatic carbocycles. The van der Waals surface area contributed by atoms with Crippen molar-refractivity contribution in [2.45, 2.75) is 13.8 Å². The molecule has 0 fully saturated rings. The number of fused-ring (bicyclic) bond motifs is 1. The summed E-state index contributed by atoms with van der Waals surface area (Å²) in [6, 6.07) is 18.3. The number of hydrogen-bond donors (Lipinski definition) is 1. The summed E-state index contributed by atoms with van der Waals surface area (Å²) in [5, 5.41) is 3.80. The van der Waals surface area contributed by atoms with Crippen LogP contribution in [0, 0.1) is 19.7 Å². The number of hydrogen-bond acceptors (Lipinski definition) is 2. The van der Waals surface area contributed by atoms with Crippen LogP contribution in [0.5, 0.6) is 0 Å². The Morgan fingerprint density at radius 2 is 1.59 bits per heavy atom. The maximum absolute atomic E-state index is 13.2. The van der Waals surface area contributed by atoms with Crippen LogP contribution < -0.4 is 10.9 Å². The summed E-state index contributed by atoms with van der Waals surface area (Å²) in [7, 11) is 0. The second-order valence-electron chi connectivity index (χ2n) is 6.99. The van der Waals surface area contributed by atoms with Crippen molar-refractivity contribution in [3.05, 3.63) is 106 Å². The van der Waals surface area contributed by atoms with Crippen LogP contribution in [0.4, 0.5) is 10.1 Å². The zero-order valence-corrected chi connectivity index (χ0v) is 16.1. The van der Waals surface area contributed by atoms with Gasteiger partial charge in [-0.25, -0.2) is 4.39 Å². The average molecular weight is 386 g/mol. The monoisotopic (exact) mass is 386 g/mol. The van der Waals surface area contributed by atoms with Gasteiger partial charge in [0.25, 0.3) is 11.5 Å². The third-order valence-electron chi connectivity index (χ3n) is 5.04. The van der Waals surface area contributed by atoms with E-state index < -0.39 is 0 Å². The number of benzene rings is 3. The number of aromatic nitrogens is 1. The number of anilines is 1. The van der Waals surface area contributed by atoms with Crippen LogP contribution in [0.1, 0.15) is 21.5 Å². The Kier molecular flexibility index (Phi) is 4.72. The molecule has 0 aliphatic rings. The number of carbonyl (C=O) groups is 1. The molecule has 0 bridgehead atoms. The molecule has 0 aliphatic heterocycles. The van der Waals surface area contributed by atoms with E-state index in [1.165, 1.54) is 28.8 Å². The summed E-state index contributed by atoms with van der Waals surface area (Å²) in [5.41, 5.74) is 3.52. The number of carbonyl (C=O) groups excluding carboxylic acids is 1. The minimum atomic E-state index is -0.378. The van der Waals surface area contributed by atoms with E-state index in [4.69, 9.17) is 0 Å². The Balaban J connectivity index is 1.87. The molecule has 0 radical (unpaired) electrons. The Morgan fingerprint density at radius 3 is 2.28 bits per heavy atom. The Labute approximate surface area is 167 Å². The molecule has 0 saturated heterocycles. The number of halogens is 1. The molecule has 29 heavy (non-hydrogen) atoms. The summed E-state index contributed by atoms with van der Waals surface area (Å²) in [6.45, 7) is 3.98. The second kappa shape index (κ2) is 7.36. The van der Waals surface area contributed by atoms with Crippen LogP contribution in [0.3, 0.4) is 0 Å². The van der Waals surface area contributed by atoms with Gasteiger partial charge < -0.3 is 5.32 Å². The maximum Gasteiger partial charge on any atom is 0.262 e. The minimum absolute atomic E-state index is 0.192. The van der Waals surface area contributed by atoms with E-state index in [0.29, 0.717) is 27.7 Å². The number of nitrogens with one attached hydrogen (secondary N) is 1. The van der Waals surface area contributed by atoms with Crippen LogP contribution >= 0.6 is 0 Å². The molecule has 0 saturated carbocycles. The highest BCUT2D eigenvalue weighted by Gasteiger charge is 2.16. The van der Waals surface area contributed by atoms with Crippen molar-refractivity contribution < 1.29 is 9.18 Å². The van der Waals surface area contributed by atoms with Crippen LogP contribution in [-0.2, 0) is 0 Å². The third kappa shape index (κ3) is 3.55. The quantitative estimate of drug-likeness (QED) is 0.539. The largest absolute Gasteiger partial charge is 0.322 e. The molecule has 144 valence electrons. The Morgan fingerprint density at radius 1 is 0.897 bits per heavy atom. The maximum atomic E-state index is 13.2. The molecular weight excluding hydrogens is 367 g/mol. The van der Waals surface area contributed by atoms with Gasteiger partial charge in [0.15, 0.2) is 0 Å². The van der Waals surface area contributed by atoms with Crippen LogP contribution in [-0.4, -0.2) is 10.5 Å². The van der Waals surface area contributed by atoms with E-state index in [9.17, 15) is 14.0 Å². The Hall–Kier alpha value is -3.73. The summed E-state index contributed by atoms with van der Waals surface area (Å²) in [4.78, 5) is 26.1. The van der Waals surface area contributed by atoms with Gasteiger partial charge in [-0.05, 0) is 67.4 Å². The first-order valence-corrected chi connectivity index (χ1v) is 9.23. The smallest absolute Gasteiger partial charge is 0.262 e. The lowest BCUT2D eigenvalue weighted by molar-refractivity contribution is 0.102. The first kappa shape index (κ1) is 18.6. The number of amides is 1. The molecule has 1 amide bonds. The zero-order valence-electron chi connectivity index (χ0n) is 16.1. The molecule has 5 heteroatoms. The number of pyridine rings is 1. The van der Waals surface area contributed by atoms with Crippen molar-refractivity contribution >= 4 is 22.4 Å². The van der Waals surface area contributed by atoms with Crippen molar-refractivity contribution in [3.63, 3.8) is 0 Å². The van der Waals surface area contributed by atoms with Gasteiger partial charge in [0.05, 0.1) is 5.56 Å².